The maximum atomic E-state index is 12.3. The monoisotopic (exact) mass is 305 g/mol. The van der Waals surface area contributed by atoms with E-state index in [-0.39, 0.29) is 11.9 Å². The van der Waals surface area contributed by atoms with Crippen molar-refractivity contribution in [2.24, 2.45) is 11.7 Å². The van der Waals surface area contributed by atoms with Gasteiger partial charge in [0.2, 0.25) is 0 Å². The quantitative estimate of drug-likeness (QED) is 0.892. The van der Waals surface area contributed by atoms with Gasteiger partial charge in [0.15, 0.2) is 0 Å². The van der Waals surface area contributed by atoms with Gasteiger partial charge in [-0.25, -0.2) is 4.98 Å². The molecule has 0 aliphatic carbocycles. The van der Waals surface area contributed by atoms with E-state index in [0.717, 1.165) is 11.8 Å². The lowest BCUT2D eigenvalue weighted by atomic mass is 10.0. The van der Waals surface area contributed by atoms with Crippen molar-refractivity contribution >= 4 is 28.4 Å². The van der Waals surface area contributed by atoms with Crippen LogP contribution in [0.1, 0.15) is 30.8 Å². The van der Waals surface area contributed by atoms with Crippen molar-refractivity contribution in [3.63, 3.8) is 0 Å². The number of nitrogens with one attached hydrogen (secondary N) is 1. The van der Waals surface area contributed by atoms with Gasteiger partial charge in [-0.05, 0) is 30.5 Å². The highest BCUT2D eigenvalue weighted by Crippen LogP contribution is 2.18. The van der Waals surface area contributed by atoms with Gasteiger partial charge in [0.25, 0.3) is 5.91 Å². The fourth-order valence-corrected chi connectivity index (χ4v) is 2.43. The number of fused-ring (bicyclic) bond motifs is 1. The maximum absolute atomic E-state index is 12.3. The molecule has 2 aromatic rings. The molecule has 5 heteroatoms. The normalized spacial score (nSPS) is 12.6. The summed E-state index contributed by atoms with van der Waals surface area (Å²) >= 11 is 5.96. The summed E-state index contributed by atoms with van der Waals surface area (Å²) in [5.74, 6) is 0.273. The minimum atomic E-state index is -0.201. The molecule has 0 radical (unpaired) electrons. The summed E-state index contributed by atoms with van der Waals surface area (Å²) in [6.07, 6.45) is 0.849. The van der Waals surface area contributed by atoms with Crippen molar-refractivity contribution < 1.29 is 4.79 Å². The predicted molar refractivity (Wildman–Crippen MR) is 86.5 cm³/mol. The van der Waals surface area contributed by atoms with E-state index in [1.807, 2.05) is 12.1 Å². The molecule has 112 valence electrons. The molecule has 1 atom stereocenters. The van der Waals surface area contributed by atoms with Crippen molar-refractivity contribution in [2.75, 3.05) is 6.54 Å². The third kappa shape index (κ3) is 4.16. The number of nitrogens with zero attached hydrogens (tertiary/aromatic N) is 1. The van der Waals surface area contributed by atoms with Crippen LogP contribution in [0.5, 0.6) is 0 Å². The van der Waals surface area contributed by atoms with Crippen LogP contribution in [0.15, 0.2) is 30.3 Å². The first-order valence-electron chi connectivity index (χ1n) is 7.07. The van der Waals surface area contributed by atoms with Crippen molar-refractivity contribution in [3.05, 3.63) is 41.0 Å². The summed E-state index contributed by atoms with van der Waals surface area (Å²) in [7, 11) is 0. The summed E-state index contributed by atoms with van der Waals surface area (Å²) in [5, 5.41) is 4.49. The van der Waals surface area contributed by atoms with Gasteiger partial charge < -0.3 is 11.1 Å². The van der Waals surface area contributed by atoms with Crippen LogP contribution in [0.3, 0.4) is 0 Å². The fourth-order valence-electron chi connectivity index (χ4n) is 2.26. The Bertz CT molecular complexity index is 642. The molecule has 1 heterocycles. The van der Waals surface area contributed by atoms with Crippen LogP contribution in [0.4, 0.5) is 0 Å². The summed E-state index contributed by atoms with van der Waals surface area (Å²) in [6, 6.07) is 8.99. The van der Waals surface area contributed by atoms with Gasteiger partial charge in [-0.1, -0.05) is 37.6 Å². The third-order valence-electron chi connectivity index (χ3n) is 3.26. The highest BCUT2D eigenvalue weighted by molar-refractivity contribution is 6.31. The van der Waals surface area contributed by atoms with Crippen LogP contribution < -0.4 is 11.1 Å². The lowest BCUT2D eigenvalue weighted by Crippen LogP contribution is -2.41. The standard InChI is InChI=1S/C16H20ClN3O/c1-10(2)7-13(9-18)19-16(21)14-6-4-11-3-5-12(17)8-15(11)20-14/h3-6,8,10,13H,7,9,18H2,1-2H3,(H,19,21). The number of hydrogen-bond acceptors (Lipinski definition) is 3. The van der Waals surface area contributed by atoms with Crippen LogP contribution in [-0.2, 0) is 0 Å². The molecule has 0 bridgehead atoms. The fraction of sp³-hybridized carbons (Fsp3) is 0.375. The summed E-state index contributed by atoms with van der Waals surface area (Å²) < 4.78 is 0. The Kier molecular flexibility index (Phi) is 5.15. The van der Waals surface area contributed by atoms with Gasteiger partial charge in [0, 0.05) is 23.0 Å². The Morgan fingerprint density at radius 3 is 2.71 bits per heavy atom. The van der Waals surface area contributed by atoms with Crippen LogP contribution in [0.25, 0.3) is 10.9 Å². The second-order valence-corrected chi connectivity index (χ2v) is 6.01. The van der Waals surface area contributed by atoms with Gasteiger partial charge >= 0.3 is 0 Å². The van der Waals surface area contributed by atoms with E-state index in [9.17, 15) is 4.79 Å². The molecule has 2 rings (SSSR count). The number of pyridine rings is 1. The van der Waals surface area contributed by atoms with Gasteiger partial charge in [-0.3, -0.25) is 4.79 Å². The predicted octanol–water partition coefficient (Wildman–Crippen LogP) is 2.99. The van der Waals surface area contributed by atoms with Crippen LogP contribution >= 0.6 is 11.6 Å². The Labute approximate surface area is 129 Å². The molecule has 3 N–H and O–H groups in total. The van der Waals surface area contributed by atoms with Gasteiger partial charge in [0.05, 0.1) is 5.52 Å². The third-order valence-corrected chi connectivity index (χ3v) is 3.50. The first-order chi connectivity index (χ1) is 9.99. The van der Waals surface area contributed by atoms with E-state index < -0.39 is 0 Å². The number of rotatable bonds is 5. The molecule has 0 saturated carbocycles. The Hall–Kier alpha value is -1.65. The highest BCUT2D eigenvalue weighted by Gasteiger charge is 2.15. The highest BCUT2D eigenvalue weighted by atomic mass is 35.5. The summed E-state index contributed by atoms with van der Waals surface area (Å²) in [4.78, 5) is 16.6. The van der Waals surface area contributed by atoms with Crippen LogP contribution in [0, 0.1) is 5.92 Å². The Balaban J connectivity index is 2.18. The minimum Gasteiger partial charge on any atom is -0.347 e. The van der Waals surface area contributed by atoms with E-state index in [2.05, 4.69) is 24.1 Å². The molecular weight excluding hydrogens is 286 g/mol. The number of carbonyl (C=O) groups is 1. The number of carbonyl (C=O) groups excluding carboxylic acids is 1. The maximum Gasteiger partial charge on any atom is 0.270 e. The van der Waals surface area contributed by atoms with Gasteiger partial charge in [-0.15, -0.1) is 0 Å². The zero-order valence-electron chi connectivity index (χ0n) is 12.3. The number of hydrogen-bond donors (Lipinski definition) is 2. The van der Waals surface area contributed by atoms with E-state index >= 15 is 0 Å². The molecular formula is C16H20ClN3O. The largest absolute Gasteiger partial charge is 0.347 e. The topological polar surface area (TPSA) is 68.0 Å². The molecule has 0 spiro atoms. The van der Waals surface area contributed by atoms with Crippen molar-refractivity contribution in [1.29, 1.82) is 0 Å². The first kappa shape index (κ1) is 15.7. The van der Waals surface area contributed by atoms with E-state index in [1.165, 1.54) is 0 Å². The molecule has 1 unspecified atom stereocenters. The molecule has 0 aliphatic heterocycles. The smallest absolute Gasteiger partial charge is 0.270 e. The van der Waals surface area contributed by atoms with E-state index in [1.54, 1.807) is 18.2 Å². The average Bonchev–Trinajstić information content (AvgIpc) is 2.45. The second kappa shape index (κ2) is 6.87. The number of amides is 1. The van der Waals surface area contributed by atoms with Crippen molar-refractivity contribution in [2.45, 2.75) is 26.3 Å². The molecule has 0 fully saturated rings. The average molecular weight is 306 g/mol. The minimum absolute atomic E-state index is 0.0330. The zero-order valence-corrected chi connectivity index (χ0v) is 13.0. The Morgan fingerprint density at radius 2 is 2.05 bits per heavy atom. The lowest BCUT2D eigenvalue weighted by Gasteiger charge is -2.18. The lowest BCUT2D eigenvalue weighted by molar-refractivity contribution is 0.0929. The molecule has 4 nitrogen and oxygen atoms in total. The van der Waals surface area contributed by atoms with E-state index in [4.69, 9.17) is 17.3 Å². The first-order valence-corrected chi connectivity index (χ1v) is 7.44. The molecule has 0 aliphatic rings. The van der Waals surface area contributed by atoms with Gasteiger partial charge in [0.1, 0.15) is 5.69 Å². The second-order valence-electron chi connectivity index (χ2n) is 5.57. The molecule has 0 saturated heterocycles. The van der Waals surface area contributed by atoms with Crippen molar-refractivity contribution in [3.8, 4) is 0 Å². The summed E-state index contributed by atoms with van der Waals surface area (Å²) in [5.41, 5.74) is 6.80. The molecule has 1 aromatic heterocycles. The SMILES string of the molecule is CC(C)CC(CN)NC(=O)c1ccc2ccc(Cl)cc2n1. The number of aromatic nitrogens is 1. The number of nitrogens with two attached hydrogens (primary N) is 1. The number of halogens is 1. The van der Waals surface area contributed by atoms with Gasteiger partial charge in [-0.2, -0.15) is 0 Å². The zero-order chi connectivity index (χ0) is 15.4. The Morgan fingerprint density at radius 1 is 1.33 bits per heavy atom. The molecule has 1 aromatic carbocycles. The van der Waals surface area contributed by atoms with E-state index in [0.29, 0.717) is 28.7 Å². The summed E-state index contributed by atoms with van der Waals surface area (Å²) in [6.45, 7) is 4.62. The molecule has 21 heavy (non-hydrogen) atoms. The molecule has 1 amide bonds. The van der Waals surface area contributed by atoms with Crippen molar-refractivity contribution in [1.82, 2.24) is 10.3 Å². The van der Waals surface area contributed by atoms with Crippen LogP contribution in [-0.4, -0.2) is 23.5 Å². The van der Waals surface area contributed by atoms with Crippen LogP contribution in [0.2, 0.25) is 5.02 Å². The number of benzene rings is 1.